The average molecular weight is 363 g/mol. The standard InChI is InChI=1S/C20H24ClFN2O/c1-13(2)15-8-5-6-11-19(15)23-20(25)14(3)24(4)12-16-17(21)9-7-10-18(16)22/h5-11,13-14H,12H2,1-4H3,(H,23,25). The number of amides is 1. The Bertz CT molecular complexity index is 728. The van der Waals surface area contributed by atoms with Crippen LogP contribution in [0, 0.1) is 5.82 Å². The zero-order valence-electron chi connectivity index (χ0n) is 15.0. The number of carbonyl (C=O) groups is 1. The number of halogens is 2. The fourth-order valence-electron chi connectivity index (χ4n) is 2.62. The summed E-state index contributed by atoms with van der Waals surface area (Å²) in [5, 5.41) is 3.35. The first-order valence-electron chi connectivity index (χ1n) is 8.34. The van der Waals surface area contributed by atoms with Crippen molar-refractivity contribution in [2.45, 2.75) is 39.3 Å². The van der Waals surface area contributed by atoms with Crippen LogP contribution in [0.2, 0.25) is 5.02 Å². The summed E-state index contributed by atoms with van der Waals surface area (Å²) in [6.07, 6.45) is 0. The Morgan fingerprint density at radius 1 is 1.16 bits per heavy atom. The molecule has 1 N–H and O–H groups in total. The highest BCUT2D eigenvalue weighted by Gasteiger charge is 2.21. The van der Waals surface area contributed by atoms with Gasteiger partial charge in [0, 0.05) is 22.8 Å². The fraction of sp³-hybridized carbons (Fsp3) is 0.350. The Hall–Kier alpha value is -1.91. The van der Waals surface area contributed by atoms with Crippen LogP contribution >= 0.6 is 11.6 Å². The number of hydrogen-bond donors (Lipinski definition) is 1. The van der Waals surface area contributed by atoms with Crippen LogP contribution in [0.25, 0.3) is 0 Å². The van der Waals surface area contributed by atoms with Gasteiger partial charge in [0.15, 0.2) is 0 Å². The number of para-hydroxylation sites is 1. The molecule has 1 amide bonds. The molecule has 2 aromatic carbocycles. The first-order valence-corrected chi connectivity index (χ1v) is 8.72. The maximum Gasteiger partial charge on any atom is 0.241 e. The molecule has 2 rings (SSSR count). The highest BCUT2D eigenvalue weighted by molar-refractivity contribution is 6.31. The number of benzene rings is 2. The molecule has 3 nitrogen and oxygen atoms in total. The predicted molar refractivity (Wildman–Crippen MR) is 101 cm³/mol. The average Bonchev–Trinajstić information content (AvgIpc) is 2.57. The van der Waals surface area contributed by atoms with Crippen molar-refractivity contribution < 1.29 is 9.18 Å². The molecule has 0 aliphatic rings. The van der Waals surface area contributed by atoms with Crippen molar-refractivity contribution in [2.24, 2.45) is 0 Å². The van der Waals surface area contributed by atoms with Gasteiger partial charge in [-0.3, -0.25) is 9.69 Å². The van der Waals surface area contributed by atoms with E-state index in [-0.39, 0.29) is 18.3 Å². The minimum Gasteiger partial charge on any atom is -0.324 e. The van der Waals surface area contributed by atoms with Gasteiger partial charge in [-0.05, 0) is 43.7 Å². The third-order valence-corrected chi connectivity index (χ3v) is 4.70. The van der Waals surface area contributed by atoms with E-state index in [1.54, 1.807) is 31.0 Å². The van der Waals surface area contributed by atoms with Crippen molar-refractivity contribution >= 4 is 23.2 Å². The number of anilines is 1. The molecule has 134 valence electrons. The van der Waals surface area contributed by atoms with Gasteiger partial charge >= 0.3 is 0 Å². The number of nitrogens with one attached hydrogen (secondary N) is 1. The molecule has 0 aliphatic heterocycles. The summed E-state index contributed by atoms with van der Waals surface area (Å²) in [4.78, 5) is 14.4. The molecule has 25 heavy (non-hydrogen) atoms. The van der Waals surface area contributed by atoms with Gasteiger partial charge in [0.1, 0.15) is 5.82 Å². The van der Waals surface area contributed by atoms with Crippen LogP contribution in [-0.4, -0.2) is 23.9 Å². The van der Waals surface area contributed by atoms with Gasteiger partial charge in [-0.1, -0.05) is 49.7 Å². The normalized spacial score (nSPS) is 12.5. The van der Waals surface area contributed by atoms with E-state index in [9.17, 15) is 9.18 Å². The van der Waals surface area contributed by atoms with E-state index in [0.29, 0.717) is 16.5 Å². The maximum absolute atomic E-state index is 14.0. The molecular formula is C20H24ClFN2O. The zero-order chi connectivity index (χ0) is 18.6. The van der Waals surface area contributed by atoms with Crippen molar-refractivity contribution in [3.63, 3.8) is 0 Å². The fourth-order valence-corrected chi connectivity index (χ4v) is 2.84. The maximum atomic E-state index is 14.0. The minimum atomic E-state index is -0.434. The van der Waals surface area contributed by atoms with Gasteiger partial charge in [-0.25, -0.2) is 4.39 Å². The molecular weight excluding hydrogens is 339 g/mol. The molecule has 0 saturated carbocycles. The smallest absolute Gasteiger partial charge is 0.241 e. The van der Waals surface area contributed by atoms with Gasteiger partial charge in [0.05, 0.1) is 6.04 Å². The van der Waals surface area contributed by atoms with Crippen LogP contribution in [0.1, 0.15) is 37.8 Å². The van der Waals surface area contributed by atoms with Gasteiger partial charge in [0.2, 0.25) is 5.91 Å². The summed E-state index contributed by atoms with van der Waals surface area (Å²) in [5.41, 5.74) is 2.29. The van der Waals surface area contributed by atoms with Crippen molar-refractivity contribution in [2.75, 3.05) is 12.4 Å². The Labute approximate surface area is 153 Å². The van der Waals surface area contributed by atoms with Crippen LogP contribution in [0.15, 0.2) is 42.5 Å². The Morgan fingerprint density at radius 3 is 2.48 bits per heavy atom. The molecule has 2 aromatic rings. The second-order valence-electron chi connectivity index (χ2n) is 6.52. The molecule has 0 fully saturated rings. The number of rotatable bonds is 6. The first kappa shape index (κ1) is 19.4. The molecule has 0 saturated heterocycles. The molecule has 1 atom stereocenters. The summed E-state index contributed by atoms with van der Waals surface area (Å²) in [7, 11) is 1.78. The molecule has 0 radical (unpaired) electrons. The Balaban J connectivity index is 2.09. The lowest BCUT2D eigenvalue weighted by Gasteiger charge is -2.25. The number of nitrogens with zero attached hydrogens (tertiary/aromatic N) is 1. The van der Waals surface area contributed by atoms with Crippen molar-refractivity contribution in [1.29, 1.82) is 0 Å². The monoisotopic (exact) mass is 362 g/mol. The SMILES string of the molecule is CC(C)c1ccccc1NC(=O)C(C)N(C)Cc1c(F)cccc1Cl. The van der Waals surface area contributed by atoms with Crippen LogP contribution in [-0.2, 0) is 11.3 Å². The quantitative estimate of drug-likeness (QED) is 0.778. The summed E-state index contributed by atoms with van der Waals surface area (Å²) >= 11 is 6.08. The van der Waals surface area contributed by atoms with E-state index in [1.807, 2.05) is 24.3 Å². The van der Waals surface area contributed by atoms with Crippen LogP contribution in [0.5, 0.6) is 0 Å². The van der Waals surface area contributed by atoms with E-state index in [0.717, 1.165) is 11.3 Å². The summed E-state index contributed by atoms with van der Waals surface area (Å²) < 4.78 is 14.0. The third-order valence-electron chi connectivity index (χ3n) is 4.35. The first-order chi connectivity index (χ1) is 11.8. The summed E-state index contributed by atoms with van der Waals surface area (Å²) in [6, 6.07) is 11.9. The van der Waals surface area contributed by atoms with Gasteiger partial charge in [-0.2, -0.15) is 0 Å². The minimum absolute atomic E-state index is 0.136. The van der Waals surface area contributed by atoms with Crippen molar-refractivity contribution in [3.05, 3.63) is 64.4 Å². The summed E-state index contributed by atoms with van der Waals surface area (Å²) in [5.74, 6) is -0.193. The van der Waals surface area contributed by atoms with Gasteiger partial charge in [-0.15, -0.1) is 0 Å². The highest BCUT2D eigenvalue weighted by atomic mass is 35.5. The van der Waals surface area contributed by atoms with E-state index in [4.69, 9.17) is 11.6 Å². The lowest BCUT2D eigenvalue weighted by Crippen LogP contribution is -2.39. The molecule has 0 bridgehead atoms. The Kier molecular flexibility index (Phi) is 6.57. The molecule has 5 heteroatoms. The predicted octanol–water partition coefficient (Wildman–Crippen LogP) is 5.06. The van der Waals surface area contributed by atoms with E-state index in [1.165, 1.54) is 6.07 Å². The van der Waals surface area contributed by atoms with Crippen molar-refractivity contribution in [3.8, 4) is 0 Å². The molecule has 0 spiro atoms. The summed E-state index contributed by atoms with van der Waals surface area (Å²) in [6.45, 7) is 6.22. The second-order valence-corrected chi connectivity index (χ2v) is 6.93. The molecule has 0 aliphatic carbocycles. The number of hydrogen-bond acceptors (Lipinski definition) is 2. The number of likely N-dealkylation sites (N-methyl/N-ethyl adjacent to an activating group) is 1. The van der Waals surface area contributed by atoms with E-state index < -0.39 is 6.04 Å². The van der Waals surface area contributed by atoms with Gasteiger partial charge < -0.3 is 5.32 Å². The van der Waals surface area contributed by atoms with Gasteiger partial charge in [0.25, 0.3) is 0 Å². The van der Waals surface area contributed by atoms with Crippen LogP contribution < -0.4 is 5.32 Å². The largest absolute Gasteiger partial charge is 0.324 e. The molecule has 0 aromatic heterocycles. The molecule has 0 heterocycles. The van der Waals surface area contributed by atoms with Crippen LogP contribution in [0.3, 0.4) is 0 Å². The highest BCUT2D eigenvalue weighted by Crippen LogP contribution is 2.25. The second kappa shape index (κ2) is 8.45. The van der Waals surface area contributed by atoms with E-state index >= 15 is 0 Å². The van der Waals surface area contributed by atoms with Crippen molar-refractivity contribution in [1.82, 2.24) is 4.90 Å². The number of carbonyl (C=O) groups excluding carboxylic acids is 1. The lowest BCUT2D eigenvalue weighted by molar-refractivity contribution is -0.120. The Morgan fingerprint density at radius 2 is 1.84 bits per heavy atom. The third kappa shape index (κ3) is 4.80. The lowest BCUT2D eigenvalue weighted by atomic mass is 10.0. The molecule has 1 unspecified atom stereocenters. The van der Waals surface area contributed by atoms with Crippen LogP contribution in [0.4, 0.5) is 10.1 Å². The zero-order valence-corrected chi connectivity index (χ0v) is 15.8. The topological polar surface area (TPSA) is 32.3 Å². The van der Waals surface area contributed by atoms with E-state index in [2.05, 4.69) is 19.2 Å².